The molecule has 6 nitrogen and oxygen atoms in total. The van der Waals surface area contributed by atoms with Crippen LogP contribution in [0.25, 0.3) is 11.0 Å². The van der Waals surface area contributed by atoms with E-state index in [1.807, 2.05) is 42.5 Å². The Kier molecular flexibility index (Phi) is 5.72. The van der Waals surface area contributed by atoms with Crippen LogP contribution in [0.15, 0.2) is 57.2 Å². The zero-order valence-corrected chi connectivity index (χ0v) is 15.7. The average molecular weight is 419 g/mol. The zero-order valence-electron chi connectivity index (χ0n) is 13.3. The molecular formula is C17H15BrN4O2S. The molecule has 0 saturated heterocycles. The standard InChI is InChI=1S/C17H15BrN4O2S/c1-24-15-7-6-11(8-12(15)18)9-19-22-16(23)10-25-17-20-13-4-2-3-5-14(13)21-17/h2-9H,10H2,1H3,(H,20,21)(H,22,23)/b19-9+. The third kappa shape index (κ3) is 4.61. The van der Waals surface area contributed by atoms with Crippen LogP contribution in [-0.2, 0) is 4.79 Å². The van der Waals surface area contributed by atoms with Crippen LogP contribution in [-0.4, -0.2) is 35.0 Å². The maximum Gasteiger partial charge on any atom is 0.250 e. The van der Waals surface area contributed by atoms with Gasteiger partial charge in [-0.15, -0.1) is 0 Å². The maximum absolute atomic E-state index is 11.9. The topological polar surface area (TPSA) is 79.4 Å². The fourth-order valence-corrected chi connectivity index (χ4v) is 3.34. The number of hydrogen-bond acceptors (Lipinski definition) is 5. The van der Waals surface area contributed by atoms with Gasteiger partial charge in [0.1, 0.15) is 5.75 Å². The molecule has 2 N–H and O–H groups in total. The van der Waals surface area contributed by atoms with E-state index < -0.39 is 0 Å². The number of aromatic amines is 1. The second kappa shape index (κ2) is 8.17. The van der Waals surface area contributed by atoms with Crippen molar-refractivity contribution in [3.63, 3.8) is 0 Å². The van der Waals surface area contributed by atoms with Crippen molar-refractivity contribution in [3.05, 3.63) is 52.5 Å². The number of thioether (sulfide) groups is 1. The van der Waals surface area contributed by atoms with Crippen molar-refractivity contribution < 1.29 is 9.53 Å². The van der Waals surface area contributed by atoms with Crippen LogP contribution < -0.4 is 10.2 Å². The van der Waals surface area contributed by atoms with Crippen molar-refractivity contribution in [3.8, 4) is 5.75 Å². The summed E-state index contributed by atoms with van der Waals surface area (Å²) in [6, 6.07) is 13.3. The van der Waals surface area contributed by atoms with E-state index in [1.165, 1.54) is 11.8 Å². The molecule has 0 fully saturated rings. The molecule has 0 saturated carbocycles. The van der Waals surface area contributed by atoms with Crippen molar-refractivity contribution in [1.29, 1.82) is 0 Å². The predicted molar refractivity (Wildman–Crippen MR) is 103 cm³/mol. The van der Waals surface area contributed by atoms with Crippen molar-refractivity contribution in [2.45, 2.75) is 5.16 Å². The number of nitrogens with one attached hydrogen (secondary N) is 2. The maximum atomic E-state index is 11.9. The van der Waals surface area contributed by atoms with Gasteiger partial charge in [-0.2, -0.15) is 5.10 Å². The Bertz CT molecular complexity index is 893. The van der Waals surface area contributed by atoms with Gasteiger partial charge in [0.05, 0.1) is 34.6 Å². The second-order valence-corrected chi connectivity index (χ2v) is 6.85. The lowest BCUT2D eigenvalue weighted by atomic mass is 10.2. The van der Waals surface area contributed by atoms with Crippen LogP contribution in [0.2, 0.25) is 0 Å². The third-order valence-electron chi connectivity index (χ3n) is 3.29. The molecule has 1 heterocycles. The summed E-state index contributed by atoms with van der Waals surface area (Å²) in [5.74, 6) is 0.765. The number of imidazole rings is 1. The number of ether oxygens (including phenoxy) is 1. The Morgan fingerprint density at radius 1 is 1.40 bits per heavy atom. The highest BCUT2D eigenvalue weighted by Crippen LogP contribution is 2.24. The van der Waals surface area contributed by atoms with Crippen LogP contribution >= 0.6 is 27.7 Å². The molecule has 3 rings (SSSR count). The summed E-state index contributed by atoms with van der Waals surface area (Å²) in [7, 11) is 1.60. The summed E-state index contributed by atoms with van der Waals surface area (Å²) in [4.78, 5) is 19.4. The summed E-state index contributed by atoms with van der Waals surface area (Å²) >= 11 is 4.74. The van der Waals surface area contributed by atoms with Crippen molar-refractivity contribution in [2.75, 3.05) is 12.9 Å². The van der Waals surface area contributed by atoms with E-state index in [0.29, 0.717) is 5.16 Å². The zero-order chi connectivity index (χ0) is 17.6. The van der Waals surface area contributed by atoms with Gasteiger partial charge >= 0.3 is 0 Å². The Morgan fingerprint density at radius 3 is 3.00 bits per heavy atom. The number of halogens is 1. The molecule has 0 unspecified atom stereocenters. The normalized spacial score (nSPS) is 11.1. The Hall–Kier alpha value is -2.32. The number of H-pyrrole nitrogens is 1. The number of benzene rings is 2. The van der Waals surface area contributed by atoms with E-state index in [-0.39, 0.29) is 11.7 Å². The number of methoxy groups -OCH3 is 1. The molecule has 2 aromatic carbocycles. The van der Waals surface area contributed by atoms with Crippen LogP contribution in [0.4, 0.5) is 0 Å². The first kappa shape index (κ1) is 17.5. The van der Waals surface area contributed by atoms with E-state index >= 15 is 0 Å². The molecule has 1 aromatic heterocycles. The van der Waals surface area contributed by atoms with E-state index in [9.17, 15) is 4.79 Å². The third-order valence-corrected chi connectivity index (χ3v) is 4.78. The summed E-state index contributed by atoms with van der Waals surface area (Å²) in [5.41, 5.74) is 5.19. The smallest absolute Gasteiger partial charge is 0.250 e. The van der Waals surface area contributed by atoms with Gasteiger partial charge in [0.15, 0.2) is 5.16 Å². The Balaban J connectivity index is 1.51. The largest absolute Gasteiger partial charge is 0.496 e. The first-order valence-electron chi connectivity index (χ1n) is 7.38. The monoisotopic (exact) mass is 418 g/mol. The summed E-state index contributed by atoms with van der Waals surface area (Å²) in [6.07, 6.45) is 1.58. The average Bonchev–Trinajstić information content (AvgIpc) is 3.03. The number of para-hydroxylation sites is 2. The molecule has 0 aliphatic rings. The number of amides is 1. The quantitative estimate of drug-likeness (QED) is 0.364. The van der Waals surface area contributed by atoms with Crippen molar-refractivity contribution in [1.82, 2.24) is 15.4 Å². The highest BCUT2D eigenvalue weighted by atomic mass is 79.9. The minimum atomic E-state index is -0.200. The summed E-state index contributed by atoms with van der Waals surface area (Å²) in [6.45, 7) is 0. The van der Waals surface area contributed by atoms with Gasteiger partial charge in [-0.3, -0.25) is 4.79 Å². The molecule has 0 radical (unpaired) electrons. The highest BCUT2D eigenvalue weighted by molar-refractivity contribution is 9.10. The van der Waals surface area contributed by atoms with Crippen LogP contribution in [0.5, 0.6) is 5.75 Å². The minimum Gasteiger partial charge on any atom is -0.496 e. The summed E-state index contributed by atoms with van der Waals surface area (Å²) < 4.78 is 5.99. The number of fused-ring (bicyclic) bond motifs is 1. The number of rotatable bonds is 6. The fourth-order valence-electron chi connectivity index (χ4n) is 2.11. The Morgan fingerprint density at radius 2 is 2.24 bits per heavy atom. The summed E-state index contributed by atoms with van der Waals surface area (Å²) in [5, 5.41) is 4.67. The molecule has 25 heavy (non-hydrogen) atoms. The highest BCUT2D eigenvalue weighted by Gasteiger charge is 2.06. The molecule has 128 valence electrons. The van der Waals surface area contributed by atoms with Crippen LogP contribution in [0.1, 0.15) is 5.56 Å². The van der Waals surface area contributed by atoms with E-state index in [4.69, 9.17) is 4.74 Å². The first-order chi connectivity index (χ1) is 12.2. The number of carbonyl (C=O) groups is 1. The predicted octanol–water partition coefficient (Wildman–Crippen LogP) is 3.58. The van der Waals surface area contributed by atoms with E-state index in [2.05, 4.69) is 36.4 Å². The second-order valence-electron chi connectivity index (χ2n) is 5.03. The van der Waals surface area contributed by atoms with E-state index in [0.717, 1.165) is 26.8 Å². The molecule has 0 spiro atoms. The molecule has 0 bridgehead atoms. The van der Waals surface area contributed by atoms with Crippen molar-refractivity contribution in [2.24, 2.45) is 5.10 Å². The lowest BCUT2D eigenvalue weighted by Gasteiger charge is -2.03. The van der Waals surface area contributed by atoms with Gasteiger partial charge in [0, 0.05) is 0 Å². The van der Waals surface area contributed by atoms with E-state index in [1.54, 1.807) is 13.3 Å². The van der Waals surface area contributed by atoms with Gasteiger partial charge in [-0.05, 0) is 51.8 Å². The molecule has 0 aliphatic heterocycles. The number of hydrogen-bond donors (Lipinski definition) is 2. The number of hydrazone groups is 1. The minimum absolute atomic E-state index is 0.200. The van der Waals surface area contributed by atoms with Crippen LogP contribution in [0, 0.1) is 0 Å². The van der Waals surface area contributed by atoms with Gasteiger partial charge in [-0.1, -0.05) is 23.9 Å². The van der Waals surface area contributed by atoms with Gasteiger partial charge in [0.25, 0.3) is 5.91 Å². The van der Waals surface area contributed by atoms with Crippen LogP contribution in [0.3, 0.4) is 0 Å². The Labute approximate surface area is 157 Å². The van der Waals surface area contributed by atoms with Crippen molar-refractivity contribution >= 4 is 50.8 Å². The van der Waals surface area contributed by atoms with Gasteiger partial charge in [-0.25, -0.2) is 10.4 Å². The molecular weight excluding hydrogens is 404 g/mol. The molecule has 0 atom stereocenters. The lowest BCUT2D eigenvalue weighted by Crippen LogP contribution is -2.19. The lowest BCUT2D eigenvalue weighted by molar-refractivity contribution is -0.118. The fraction of sp³-hybridized carbons (Fsp3) is 0.118. The molecule has 1 amide bonds. The molecule has 0 aliphatic carbocycles. The van der Waals surface area contributed by atoms with Gasteiger partial charge < -0.3 is 9.72 Å². The molecule has 8 heteroatoms. The first-order valence-corrected chi connectivity index (χ1v) is 9.16. The van der Waals surface area contributed by atoms with Gasteiger partial charge in [0.2, 0.25) is 0 Å². The number of carbonyl (C=O) groups excluding carboxylic acids is 1. The number of aromatic nitrogens is 2. The number of nitrogens with zero attached hydrogens (tertiary/aromatic N) is 2. The SMILES string of the molecule is COc1ccc(/C=N/NC(=O)CSc2nc3ccccc3[nH]2)cc1Br. The molecule has 3 aromatic rings.